The second-order valence-corrected chi connectivity index (χ2v) is 7.30. The van der Waals surface area contributed by atoms with Gasteiger partial charge in [-0.25, -0.2) is 9.97 Å². The van der Waals surface area contributed by atoms with Gasteiger partial charge in [0.1, 0.15) is 10.8 Å². The number of thiazole rings is 1. The van der Waals surface area contributed by atoms with Crippen LogP contribution in [0.15, 0.2) is 5.38 Å². The maximum atomic E-state index is 5.14. The Morgan fingerprint density at radius 2 is 2.13 bits per heavy atom. The van der Waals surface area contributed by atoms with Gasteiger partial charge in [0.05, 0.1) is 12.3 Å². The third kappa shape index (κ3) is 4.47. The molecular formula is C15H23N5OS2. The Kier molecular flexibility index (Phi) is 5.93. The molecule has 0 aliphatic carbocycles. The van der Waals surface area contributed by atoms with Crippen molar-refractivity contribution in [2.24, 2.45) is 0 Å². The first-order chi connectivity index (χ1) is 11.3. The lowest BCUT2D eigenvalue weighted by atomic mass is 10.3. The van der Waals surface area contributed by atoms with Crippen LogP contribution in [0.5, 0.6) is 0 Å². The lowest BCUT2D eigenvalue weighted by Gasteiger charge is -2.20. The number of aryl methyl sites for hydroxylation is 1. The number of ether oxygens (including phenoxy) is 1. The van der Waals surface area contributed by atoms with Crippen molar-refractivity contribution >= 4 is 28.0 Å². The number of hydrogen-bond acceptors (Lipinski definition) is 8. The largest absolute Gasteiger partial charge is 0.378 e. The monoisotopic (exact) mass is 353 g/mol. The molecule has 0 N–H and O–H groups in total. The van der Waals surface area contributed by atoms with Crippen LogP contribution < -0.4 is 4.90 Å². The summed E-state index contributed by atoms with van der Waals surface area (Å²) in [5.74, 6) is 0.958. The van der Waals surface area contributed by atoms with Crippen LogP contribution in [-0.2, 0) is 24.3 Å². The van der Waals surface area contributed by atoms with E-state index < -0.39 is 0 Å². The molecule has 0 amide bonds. The molecule has 1 saturated heterocycles. The van der Waals surface area contributed by atoms with Crippen molar-refractivity contribution in [3.63, 3.8) is 0 Å². The predicted octanol–water partition coefficient (Wildman–Crippen LogP) is 2.42. The Labute approximate surface area is 145 Å². The second kappa shape index (κ2) is 8.14. The molecule has 0 aromatic carbocycles. The minimum absolute atomic E-state index is 0.606. The summed E-state index contributed by atoms with van der Waals surface area (Å²) in [6.07, 6.45) is 2.06. The van der Waals surface area contributed by atoms with E-state index in [2.05, 4.69) is 36.4 Å². The number of anilines is 1. The van der Waals surface area contributed by atoms with Crippen LogP contribution in [0.25, 0.3) is 0 Å². The smallest absolute Gasteiger partial charge is 0.205 e. The van der Waals surface area contributed by atoms with Crippen LogP contribution >= 0.6 is 22.9 Å². The Bertz CT molecular complexity index is 615. The van der Waals surface area contributed by atoms with Gasteiger partial charge in [-0.1, -0.05) is 6.92 Å². The first-order valence-corrected chi connectivity index (χ1v) is 9.66. The molecule has 1 aliphatic rings. The fourth-order valence-corrected chi connectivity index (χ4v) is 4.23. The Hall–Kier alpha value is -1.09. The molecule has 0 saturated carbocycles. The van der Waals surface area contributed by atoms with Crippen molar-refractivity contribution in [3.8, 4) is 0 Å². The topological polar surface area (TPSA) is 54.4 Å². The highest BCUT2D eigenvalue weighted by atomic mass is 32.1. The van der Waals surface area contributed by atoms with Gasteiger partial charge in [0.2, 0.25) is 5.13 Å². The van der Waals surface area contributed by atoms with E-state index in [1.165, 1.54) is 11.5 Å². The Balaban J connectivity index is 1.55. The summed E-state index contributed by atoms with van der Waals surface area (Å²) < 4.78 is 9.54. The molecule has 1 fully saturated rings. The maximum absolute atomic E-state index is 5.14. The highest BCUT2D eigenvalue weighted by Crippen LogP contribution is 2.20. The third-order valence-corrected chi connectivity index (χ3v) is 5.57. The van der Waals surface area contributed by atoms with E-state index in [0.29, 0.717) is 6.61 Å². The van der Waals surface area contributed by atoms with E-state index in [-0.39, 0.29) is 0 Å². The molecule has 6 nitrogen and oxygen atoms in total. The van der Waals surface area contributed by atoms with Gasteiger partial charge in [0.15, 0.2) is 0 Å². The molecule has 3 rings (SSSR count). The van der Waals surface area contributed by atoms with E-state index in [1.54, 1.807) is 18.4 Å². The van der Waals surface area contributed by atoms with Crippen LogP contribution in [0.1, 0.15) is 29.9 Å². The summed E-state index contributed by atoms with van der Waals surface area (Å²) in [5, 5.41) is 4.27. The van der Waals surface area contributed by atoms with Crippen molar-refractivity contribution in [2.45, 2.75) is 32.9 Å². The molecule has 126 valence electrons. The normalized spacial score (nSPS) is 16.7. The van der Waals surface area contributed by atoms with Gasteiger partial charge in [-0.3, -0.25) is 4.90 Å². The molecular weight excluding hydrogens is 330 g/mol. The highest BCUT2D eigenvalue weighted by Gasteiger charge is 2.18. The first-order valence-electron chi connectivity index (χ1n) is 8.00. The van der Waals surface area contributed by atoms with E-state index in [9.17, 15) is 0 Å². The molecule has 2 aromatic heterocycles. The molecule has 2 aromatic rings. The van der Waals surface area contributed by atoms with Crippen LogP contribution in [-0.4, -0.2) is 52.5 Å². The zero-order chi connectivity index (χ0) is 16.1. The molecule has 0 bridgehead atoms. The predicted molar refractivity (Wildman–Crippen MR) is 94.2 cm³/mol. The Morgan fingerprint density at radius 3 is 2.91 bits per heavy atom. The lowest BCUT2D eigenvalue weighted by molar-refractivity contribution is 0.184. The summed E-state index contributed by atoms with van der Waals surface area (Å²) in [6, 6.07) is 0. The molecule has 0 radical (unpaired) electrons. The minimum Gasteiger partial charge on any atom is -0.378 e. The SMILES string of the molecule is CCc1nsc(N2CCCN(Cc3csc(COC)n3)CC2)n1. The highest BCUT2D eigenvalue weighted by molar-refractivity contribution is 7.09. The fourth-order valence-electron chi connectivity index (χ4n) is 2.68. The first kappa shape index (κ1) is 16.8. The van der Waals surface area contributed by atoms with Crippen molar-refractivity contribution in [1.82, 2.24) is 19.2 Å². The van der Waals surface area contributed by atoms with Gasteiger partial charge >= 0.3 is 0 Å². The summed E-state index contributed by atoms with van der Waals surface area (Å²) in [5.41, 5.74) is 1.15. The van der Waals surface area contributed by atoms with Crippen LogP contribution in [0.2, 0.25) is 0 Å². The standard InChI is InChI=1S/C15H23N5OS2/c1-3-13-17-15(23-18-13)20-6-4-5-19(7-8-20)9-12-11-22-14(16-12)10-21-2/h11H,3-10H2,1-2H3. The quantitative estimate of drug-likeness (QED) is 0.795. The molecule has 1 aliphatic heterocycles. The average molecular weight is 354 g/mol. The molecule has 0 unspecified atom stereocenters. The summed E-state index contributed by atoms with van der Waals surface area (Å²) in [6.45, 7) is 7.83. The van der Waals surface area contributed by atoms with Crippen molar-refractivity contribution < 1.29 is 4.74 Å². The maximum Gasteiger partial charge on any atom is 0.205 e. The van der Waals surface area contributed by atoms with Crippen molar-refractivity contribution in [2.75, 3.05) is 38.2 Å². The van der Waals surface area contributed by atoms with E-state index >= 15 is 0 Å². The van der Waals surface area contributed by atoms with Gasteiger partial charge in [-0.15, -0.1) is 11.3 Å². The number of hydrogen-bond donors (Lipinski definition) is 0. The molecule has 0 atom stereocenters. The average Bonchev–Trinajstić information content (AvgIpc) is 3.14. The van der Waals surface area contributed by atoms with E-state index in [0.717, 1.165) is 67.2 Å². The van der Waals surface area contributed by atoms with Crippen molar-refractivity contribution in [3.05, 3.63) is 21.9 Å². The minimum atomic E-state index is 0.606. The number of rotatable bonds is 6. The molecule has 8 heteroatoms. The zero-order valence-corrected chi connectivity index (χ0v) is 15.3. The van der Waals surface area contributed by atoms with Gasteiger partial charge < -0.3 is 9.64 Å². The van der Waals surface area contributed by atoms with Crippen LogP contribution in [0.4, 0.5) is 5.13 Å². The zero-order valence-electron chi connectivity index (χ0n) is 13.7. The van der Waals surface area contributed by atoms with Crippen LogP contribution in [0, 0.1) is 0 Å². The molecule has 0 spiro atoms. The van der Waals surface area contributed by atoms with Gasteiger partial charge in [-0.05, 0) is 6.42 Å². The number of aromatic nitrogens is 3. The Morgan fingerprint density at radius 1 is 1.22 bits per heavy atom. The summed E-state index contributed by atoms with van der Waals surface area (Å²) >= 11 is 3.21. The third-order valence-electron chi connectivity index (χ3n) is 3.89. The van der Waals surface area contributed by atoms with Gasteiger partial charge in [0, 0.05) is 63.2 Å². The summed E-state index contributed by atoms with van der Waals surface area (Å²) in [4.78, 5) is 14.1. The molecule has 3 heterocycles. The van der Waals surface area contributed by atoms with Crippen LogP contribution in [0.3, 0.4) is 0 Å². The number of methoxy groups -OCH3 is 1. The second-order valence-electron chi connectivity index (χ2n) is 5.63. The van der Waals surface area contributed by atoms with Crippen molar-refractivity contribution in [1.29, 1.82) is 0 Å². The number of nitrogens with zero attached hydrogens (tertiary/aromatic N) is 5. The fraction of sp³-hybridized carbons (Fsp3) is 0.667. The van der Waals surface area contributed by atoms with E-state index in [4.69, 9.17) is 4.74 Å². The summed E-state index contributed by atoms with van der Waals surface area (Å²) in [7, 11) is 1.71. The van der Waals surface area contributed by atoms with Gasteiger partial charge in [-0.2, -0.15) is 4.37 Å². The van der Waals surface area contributed by atoms with E-state index in [1.807, 2.05) is 0 Å². The molecule has 23 heavy (non-hydrogen) atoms. The van der Waals surface area contributed by atoms with Gasteiger partial charge in [0.25, 0.3) is 0 Å². The lowest BCUT2D eigenvalue weighted by Crippen LogP contribution is -2.30.